The molecule has 1 aromatic carbocycles. The van der Waals surface area contributed by atoms with E-state index in [1.807, 2.05) is 41.0 Å². The first-order valence-corrected chi connectivity index (χ1v) is 9.65. The van der Waals surface area contributed by atoms with E-state index < -0.39 is 0 Å². The van der Waals surface area contributed by atoms with Gasteiger partial charge in [-0.05, 0) is 37.3 Å². The SMILES string of the molecule is Cc1ccccc1OCC(=O)N1C[C@H]2CC[C@@H]1CN(C(=O)c1cnccn1)C2. The Balaban J connectivity index is 1.42. The molecule has 0 aliphatic carbocycles. The van der Waals surface area contributed by atoms with Crippen LogP contribution in [0, 0.1) is 12.8 Å². The highest BCUT2D eigenvalue weighted by Gasteiger charge is 2.39. The van der Waals surface area contributed by atoms with Gasteiger partial charge in [0.25, 0.3) is 11.8 Å². The highest BCUT2D eigenvalue weighted by Crippen LogP contribution is 2.29. The van der Waals surface area contributed by atoms with Crippen LogP contribution < -0.4 is 4.74 Å². The Morgan fingerprint density at radius 2 is 2.00 bits per heavy atom. The number of nitrogens with zero attached hydrogens (tertiary/aromatic N) is 4. The van der Waals surface area contributed by atoms with Crippen LogP contribution >= 0.6 is 0 Å². The van der Waals surface area contributed by atoms with E-state index in [4.69, 9.17) is 4.74 Å². The summed E-state index contributed by atoms with van der Waals surface area (Å²) in [5, 5.41) is 0. The van der Waals surface area contributed by atoms with Gasteiger partial charge in [-0.1, -0.05) is 18.2 Å². The molecule has 146 valence electrons. The van der Waals surface area contributed by atoms with Crippen LogP contribution in [0.25, 0.3) is 0 Å². The number of hydrogen-bond acceptors (Lipinski definition) is 5. The Labute approximate surface area is 164 Å². The van der Waals surface area contributed by atoms with Gasteiger partial charge >= 0.3 is 0 Å². The number of carbonyl (C=O) groups excluding carboxylic acids is 2. The van der Waals surface area contributed by atoms with E-state index in [0.29, 0.717) is 25.3 Å². The standard InChI is InChI=1S/C21H24N4O3/c1-15-4-2-3-5-19(15)28-14-20(26)25-12-16-6-7-17(25)13-24(11-16)21(27)18-10-22-8-9-23-18/h2-5,8-10,16-17H,6-7,11-14H2,1H3/t16-,17+/m0/s1. The zero-order chi connectivity index (χ0) is 19.5. The molecule has 0 radical (unpaired) electrons. The molecule has 0 N–H and O–H groups in total. The van der Waals surface area contributed by atoms with E-state index in [1.54, 1.807) is 6.20 Å². The first-order chi connectivity index (χ1) is 13.6. The number of ether oxygens (including phenoxy) is 1. The fourth-order valence-corrected chi connectivity index (χ4v) is 4.07. The van der Waals surface area contributed by atoms with Crippen molar-refractivity contribution in [2.45, 2.75) is 25.8 Å². The Bertz CT molecular complexity index is 858. The average molecular weight is 380 g/mol. The van der Waals surface area contributed by atoms with E-state index in [-0.39, 0.29) is 30.4 Å². The summed E-state index contributed by atoms with van der Waals surface area (Å²) in [6.07, 6.45) is 6.51. The van der Waals surface area contributed by atoms with Crippen LogP contribution in [0.15, 0.2) is 42.9 Å². The number of amides is 2. The van der Waals surface area contributed by atoms with Gasteiger partial charge in [0, 0.05) is 38.1 Å². The molecular weight excluding hydrogens is 356 g/mol. The molecule has 4 heterocycles. The second kappa shape index (κ2) is 7.96. The van der Waals surface area contributed by atoms with Crippen LogP contribution in [0.2, 0.25) is 0 Å². The van der Waals surface area contributed by atoms with Crippen LogP contribution in [0.3, 0.4) is 0 Å². The second-order valence-electron chi connectivity index (χ2n) is 7.50. The normalized spacial score (nSPS) is 21.3. The van der Waals surface area contributed by atoms with Gasteiger partial charge in [-0.25, -0.2) is 4.98 Å². The van der Waals surface area contributed by atoms with Crippen molar-refractivity contribution in [3.63, 3.8) is 0 Å². The van der Waals surface area contributed by atoms with Crippen molar-refractivity contribution in [3.05, 3.63) is 54.1 Å². The van der Waals surface area contributed by atoms with Gasteiger partial charge < -0.3 is 14.5 Å². The Kier molecular flexibility index (Phi) is 5.23. The van der Waals surface area contributed by atoms with Crippen LogP contribution in [0.5, 0.6) is 5.75 Å². The smallest absolute Gasteiger partial charge is 0.274 e. The molecule has 7 nitrogen and oxygen atoms in total. The minimum Gasteiger partial charge on any atom is -0.484 e. The van der Waals surface area contributed by atoms with Gasteiger partial charge in [0.2, 0.25) is 0 Å². The van der Waals surface area contributed by atoms with Gasteiger partial charge in [-0.3, -0.25) is 14.6 Å². The lowest BCUT2D eigenvalue weighted by Gasteiger charge is -2.36. The number of rotatable bonds is 4. The number of benzene rings is 1. The molecule has 2 atom stereocenters. The number of hydrogen-bond donors (Lipinski definition) is 0. The zero-order valence-electron chi connectivity index (χ0n) is 16.0. The van der Waals surface area contributed by atoms with Crippen LogP contribution in [-0.4, -0.2) is 63.9 Å². The fourth-order valence-electron chi connectivity index (χ4n) is 4.07. The molecule has 2 aromatic rings. The van der Waals surface area contributed by atoms with Gasteiger partial charge in [-0.2, -0.15) is 0 Å². The van der Waals surface area contributed by atoms with Gasteiger partial charge in [0.15, 0.2) is 6.61 Å². The highest BCUT2D eigenvalue weighted by molar-refractivity contribution is 5.92. The summed E-state index contributed by atoms with van der Waals surface area (Å²) in [6.45, 7) is 3.83. The molecule has 3 aliphatic rings. The average Bonchev–Trinajstić information content (AvgIpc) is 3.05. The molecule has 3 fully saturated rings. The van der Waals surface area contributed by atoms with Gasteiger partial charge in [-0.15, -0.1) is 0 Å². The topological polar surface area (TPSA) is 75.6 Å². The lowest BCUT2D eigenvalue weighted by Crippen LogP contribution is -2.49. The maximum Gasteiger partial charge on any atom is 0.274 e. The summed E-state index contributed by atoms with van der Waals surface area (Å²) in [5.74, 6) is 0.874. The van der Waals surface area contributed by atoms with Crippen LogP contribution in [-0.2, 0) is 4.79 Å². The maximum atomic E-state index is 12.8. The second-order valence-corrected chi connectivity index (χ2v) is 7.50. The van der Waals surface area contributed by atoms with Crippen molar-refractivity contribution < 1.29 is 14.3 Å². The number of aryl methyl sites for hydroxylation is 1. The minimum absolute atomic E-state index is 0.0200. The van der Waals surface area contributed by atoms with E-state index in [2.05, 4.69) is 9.97 Å². The first kappa shape index (κ1) is 18.4. The third kappa shape index (κ3) is 3.83. The molecule has 7 heteroatoms. The van der Waals surface area contributed by atoms with E-state index in [0.717, 1.165) is 24.2 Å². The quantitative estimate of drug-likeness (QED) is 0.810. The molecule has 2 amide bonds. The summed E-state index contributed by atoms with van der Waals surface area (Å²) >= 11 is 0. The van der Waals surface area contributed by atoms with Gasteiger partial charge in [0.1, 0.15) is 11.4 Å². The van der Waals surface area contributed by atoms with Crippen molar-refractivity contribution in [1.82, 2.24) is 19.8 Å². The molecule has 0 spiro atoms. The predicted molar refractivity (Wildman–Crippen MR) is 103 cm³/mol. The summed E-state index contributed by atoms with van der Waals surface area (Å²) in [4.78, 5) is 37.5. The Hall–Kier alpha value is -2.96. The Morgan fingerprint density at radius 1 is 1.14 bits per heavy atom. The first-order valence-electron chi connectivity index (χ1n) is 9.65. The lowest BCUT2D eigenvalue weighted by atomic mass is 9.95. The van der Waals surface area contributed by atoms with E-state index in [1.165, 1.54) is 12.4 Å². The number of aromatic nitrogens is 2. The molecule has 2 bridgehead atoms. The molecule has 0 unspecified atom stereocenters. The monoisotopic (exact) mass is 380 g/mol. The summed E-state index contributed by atoms with van der Waals surface area (Å²) in [7, 11) is 0. The van der Waals surface area contributed by atoms with Crippen LogP contribution in [0.4, 0.5) is 0 Å². The number of fused-ring (bicyclic) bond motifs is 4. The molecule has 28 heavy (non-hydrogen) atoms. The summed E-state index contributed by atoms with van der Waals surface area (Å²) < 4.78 is 5.75. The fraction of sp³-hybridized carbons (Fsp3) is 0.429. The summed E-state index contributed by atoms with van der Waals surface area (Å²) in [6, 6.07) is 7.70. The van der Waals surface area contributed by atoms with Crippen LogP contribution in [0.1, 0.15) is 28.9 Å². The molecule has 5 rings (SSSR count). The molecular formula is C21H24N4O3. The maximum absolute atomic E-state index is 12.8. The van der Waals surface area contributed by atoms with Crippen molar-refractivity contribution in [2.24, 2.45) is 5.92 Å². The van der Waals surface area contributed by atoms with E-state index >= 15 is 0 Å². The van der Waals surface area contributed by atoms with Crippen molar-refractivity contribution in [1.29, 1.82) is 0 Å². The van der Waals surface area contributed by atoms with E-state index in [9.17, 15) is 9.59 Å². The minimum atomic E-state index is -0.115. The highest BCUT2D eigenvalue weighted by atomic mass is 16.5. The molecule has 1 aromatic heterocycles. The number of piperidine rings is 1. The number of para-hydroxylation sites is 1. The van der Waals surface area contributed by atoms with Crippen molar-refractivity contribution in [2.75, 3.05) is 26.2 Å². The summed E-state index contributed by atoms with van der Waals surface area (Å²) in [5.41, 5.74) is 1.36. The third-order valence-corrected chi connectivity index (χ3v) is 5.55. The number of carbonyl (C=O) groups is 2. The molecule has 0 saturated carbocycles. The van der Waals surface area contributed by atoms with Crippen molar-refractivity contribution in [3.8, 4) is 5.75 Å². The third-order valence-electron chi connectivity index (χ3n) is 5.55. The molecule has 3 saturated heterocycles. The van der Waals surface area contributed by atoms with Crippen molar-refractivity contribution >= 4 is 11.8 Å². The Morgan fingerprint density at radius 3 is 2.79 bits per heavy atom. The molecule has 3 aliphatic heterocycles. The predicted octanol–water partition coefficient (Wildman–Crippen LogP) is 1.93. The lowest BCUT2D eigenvalue weighted by molar-refractivity contribution is -0.137. The largest absolute Gasteiger partial charge is 0.484 e. The zero-order valence-corrected chi connectivity index (χ0v) is 16.0. The van der Waals surface area contributed by atoms with Gasteiger partial charge in [0.05, 0.1) is 6.20 Å².